The largest absolute Gasteiger partial charge is 0.876 e. The van der Waals surface area contributed by atoms with Crippen LogP contribution in [0.25, 0.3) is 0 Å². The van der Waals surface area contributed by atoms with E-state index in [9.17, 15) is 5.11 Å². The molecule has 0 aromatic carbocycles. The van der Waals surface area contributed by atoms with Crippen molar-refractivity contribution in [3.05, 3.63) is 47.3 Å². The van der Waals surface area contributed by atoms with Crippen molar-refractivity contribution in [2.45, 2.75) is 117 Å². The Hall–Kier alpha value is -1.28. The summed E-state index contributed by atoms with van der Waals surface area (Å²) in [6.45, 7) is 17.0. The van der Waals surface area contributed by atoms with E-state index in [4.69, 9.17) is 4.74 Å². The third-order valence-corrected chi connectivity index (χ3v) is 7.80. The summed E-state index contributed by atoms with van der Waals surface area (Å²) in [4.78, 5) is 0. The smallest absolute Gasteiger partial charge is 0.0820 e. The van der Waals surface area contributed by atoms with Gasteiger partial charge in [-0.3, -0.25) is 0 Å². The highest BCUT2D eigenvalue weighted by Crippen LogP contribution is 2.43. The number of hydrogen-bond acceptors (Lipinski definition) is 2. The molecule has 0 spiro atoms. The third-order valence-electron chi connectivity index (χ3n) is 7.80. The third kappa shape index (κ3) is 8.29. The highest BCUT2D eigenvalue weighted by Gasteiger charge is 2.40. The molecular formula is C29H47O2-. The minimum atomic E-state index is 0.0238. The Balaban J connectivity index is 1.70. The lowest BCUT2D eigenvalue weighted by molar-refractivity contribution is -0.313. The fourth-order valence-corrected chi connectivity index (χ4v) is 4.90. The number of allylic oxidation sites excluding steroid dienone is 6. The van der Waals surface area contributed by atoms with Crippen molar-refractivity contribution >= 4 is 0 Å². The molecule has 2 heteroatoms. The first-order valence-corrected chi connectivity index (χ1v) is 12.6. The van der Waals surface area contributed by atoms with Crippen molar-refractivity contribution in [3.8, 4) is 0 Å². The summed E-state index contributed by atoms with van der Waals surface area (Å²) in [5, 5.41) is 11.2. The molecule has 0 radical (unpaired) electrons. The van der Waals surface area contributed by atoms with Crippen LogP contribution >= 0.6 is 0 Å². The molecule has 0 saturated carbocycles. The molecular weight excluding hydrogens is 380 g/mol. The number of ether oxygens (including phenoxy) is 1. The van der Waals surface area contributed by atoms with E-state index >= 15 is 0 Å². The van der Waals surface area contributed by atoms with Crippen LogP contribution in [0.3, 0.4) is 0 Å². The molecule has 1 saturated heterocycles. The molecule has 5 atom stereocenters. The molecule has 0 aromatic rings. The van der Waals surface area contributed by atoms with Crippen LogP contribution in [-0.2, 0) is 4.74 Å². The molecule has 2 nitrogen and oxygen atoms in total. The molecule has 0 aromatic heterocycles. The Kier molecular flexibility index (Phi) is 10.1. The van der Waals surface area contributed by atoms with Crippen LogP contribution in [-0.4, -0.2) is 11.7 Å². The standard InChI is InChI=1S/C29H48O2/c1-21(13-9-15-24(4)26(6)30)11-8-12-22(2)14-10-19-29(7)20-18-27-17-16-23(3)25(5)28(27)31-29/h13-14,17,23-25,28,30H,6,8-12,15-16,18-20H2,1-5,7H3/p-1/b21-13+,22-14+. The van der Waals surface area contributed by atoms with Gasteiger partial charge in [0.1, 0.15) is 0 Å². The van der Waals surface area contributed by atoms with Gasteiger partial charge in [0.25, 0.3) is 0 Å². The van der Waals surface area contributed by atoms with Crippen LogP contribution in [0, 0.1) is 17.8 Å². The van der Waals surface area contributed by atoms with E-state index in [0.29, 0.717) is 12.0 Å². The van der Waals surface area contributed by atoms with Gasteiger partial charge in [-0.2, -0.15) is 0 Å². The van der Waals surface area contributed by atoms with Crippen LogP contribution < -0.4 is 5.11 Å². The molecule has 31 heavy (non-hydrogen) atoms. The van der Waals surface area contributed by atoms with Crippen molar-refractivity contribution in [2.24, 2.45) is 17.8 Å². The van der Waals surface area contributed by atoms with Crippen molar-refractivity contribution < 1.29 is 9.84 Å². The molecule has 1 aliphatic carbocycles. The van der Waals surface area contributed by atoms with E-state index in [-0.39, 0.29) is 17.3 Å². The normalized spacial score (nSPS) is 30.5. The minimum absolute atomic E-state index is 0.0238. The Morgan fingerprint density at radius 2 is 1.87 bits per heavy atom. The zero-order valence-electron chi connectivity index (χ0n) is 21.1. The molecule has 176 valence electrons. The zero-order valence-corrected chi connectivity index (χ0v) is 21.1. The zero-order chi connectivity index (χ0) is 23.0. The van der Waals surface area contributed by atoms with Gasteiger partial charge in [0.15, 0.2) is 0 Å². The van der Waals surface area contributed by atoms with Gasteiger partial charge in [0.05, 0.1) is 11.7 Å². The Morgan fingerprint density at radius 3 is 2.52 bits per heavy atom. The predicted octanol–water partition coefficient (Wildman–Crippen LogP) is 7.66. The van der Waals surface area contributed by atoms with Gasteiger partial charge in [-0.05, 0) is 108 Å². The van der Waals surface area contributed by atoms with E-state index in [0.717, 1.165) is 44.4 Å². The molecule has 5 unspecified atom stereocenters. The Bertz CT molecular complexity index is 683. The van der Waals surface area contributed by atoms with E-state index < -0.39 is 0 Å². The SMILES string of the molecule is C=C([O-])C(C)CC/C=C(\C)CCC/C(C)=C/CCC1(C)CCC2=CCC(C)C(C)C2O1. The van der Waals surface area contributed by atoms with E-state index in [1.165, 1.54) is 36.8 Å². The number of rotatable bonds is 11. The molecule has 0 amide bonds. The van der Waals surface area contributed by atoms with Crippen LogP contribution in [0.15, 0.2) is 47.3 Å². The molecule has 2 aliphatic rings. The van der Waals surface area contributed by atoms with Crippen molar-refractivity contribution in [1.82, 2.24) is 0 Å². The summed E-state index contributed by atoms with van der Waals surface area (Å²) in [5.41, 5.74) is 4.53. The summed E-state index contributed by atoms with van der Waals surface area (Å²) in [6.07, 6.45) is 18.8. The summed E-state index contributed by atoms with van der Waals surface area (Å²) in [6, 6.07) is 0. The van der Waals surface area contributed by atoms with Gasteiger partial charge in [0.2, 0.25) is 0 Å². The van der Waals surface area contributed by atoms with E-state index in [2.05, 4.69) is 59.4 Å². The molecule has 0 bridgehead atoms. The van der Waals surface area contributed by atoms with Crippen LogP contribution in [0.1, 0.15) is 106 Å². The minimum Gasteiger partial charge on any atom is -0.876 e. The summed E-state index contributed by atoms with van der Waals surface area (Å²) in [5.74, 6) is 1.50. The average Bonchev–Trinajstić information content (AvgIpc) is 2.71. The maximum Gasteiger partial charge on any atom is 0.0820 e. The average molecular weight is 428 g/mol. The summed E-state index contributed by atoms with van der Waals surface area (Å²) >= 11 is 0. The van der Waals surface area contributed by atoms with Crippen molar-refractivity contribution in [3.63, 3.8) is 0 Å². The second kappa shape index (κ2) is 12.1. The van der Waals surface area contributed by atoms with Crippen LogP contribution in [0.5, 0.6) is 0 Å². The predicted molar refractivity (Wildman–Crippen MR) is 132 cm³/mol. The lowest BCUT2D eigenvalue weighted by Crippen LogP contribution is -2.44. The van der Waals surface area contributed by atoms with Gasteiger partial charge < -0.3 is 9.84 Å². The highest BCUT2D eigenvalue weighted by atomic mass is 16.5. The Morgan fingerprint density at radius 1 is 1.23 bits per heavy atom. The highest BCUT2D eigenvalue weighted by molar-refractivity contribution is 5.18. The van der Waals surface area contributed by atoms with Gasteiger partial charge in [-0.25, -0.2) is 0 Å². The maximum absolute atomic E-state index is 11.2. The van der Waals surface area contributed by atoms with E-state index in [1.54, 1.807) is 5.57 Å². The quantitative estimate of drug-likeness (QED) is 0.250. The summed E-state index contributed by atoms with van der Waals surface area (Å²) < 4.78 is 6.69. The molecule has 0 N–H and O–H groups in total. The van der Waals surface area contributed by atoms with Crippen molar-refractivity contribution in [2.75, 3.05) is 0 Å². The molecule has 2 rings (SSSR count). The van der Waals surface area contributed by atoms with Gasteiger partial charge in [-0.15, -0.1) is 12.3 Å². The van der Waals surface area contributed by atoms with Crippen LogP contribution in [0.2, 0.25) is 0 Å². The maximum atomic E-state index is 11.2. The second-order valence-electron chi connectivity index (χ2n) is 10.8. The number of fused-ring (bicyclic) bond motifs is 1. The lowest BCUT2D eigenvalue weighted by atomic mass is 9.74. The van der Waals surface area contributed by atoms with E-state index in [1.807, 2.05) is 6.92 Å². The Labute approximate surface area is 192 Å². The topological polar surface area (TPSA) is 32.3 Å². The first-order chi connectivity index (χ1) is 14.6. The summed E-state index contributed by atoms with van der Waals surface area (Å²) in [7, 11) is 0. The van der Waals surface area contributed by atoms with Gasteiger partial charge in [0, 0.05) is 0 Å². The van der Waals surface area contributed by atoms with Crippen LogP contribution in [0.4, 0.5) is 0 Å². The number of hydrogen-bond donors (Lipinski definition) is 0. The fourth-order valence-electron chi connectivity index (χ4n) is 4.90. The first-order valence-electron chi connectivity index (χ1n) is 12.6. The lowest BCUT2D eigenvalue weighted by Gasteiger charge is -2.46. The van der Waals surface area contributed by atoms with Gasteiger partial charge >= 0.3 is 0 Å². The molecule has 1 heterocycles. The first kappa shape index (κ1) is 26.0. The fraction of sp³-hybridized carbons (Fsp3) is 0.724. The second-order valence-corrected chi connectivity index (χ2v) is 10.8. The molecule has 1 aliphatic heterocycles. The molecule has 1 fully saturated rings. The van der Waals surface area contributed by atoms with Gasteiger partial charge in [-0.1, -0.05) is 50.1 Å². The monoisotopic (exact) mass is 427 g/mol. The van der Waals surface area contributed by atoms with Crippen molar-refractivity contribution in [1.29, 1.82) is 0 Å².